The van der Waals surface area contributed by atoms with E-state index < -0.39 is 0 Å². The van der Waals surface area contributed by atoms with Gasteiger partial charge in [0, 0.05) is 25.7 Å². The zero-order chi connectivity index (χ0) is 10.8. The second-order valence-corrected chi connectivity index (χ2v) is 4.90. The first-order valence-electron chi connectivity index (χ1n) is 5.87. The highest BCUT2D eigenvalue weighted by Gasteiger charge is 2.42. The molecule has 0 spiro atoms. The summed E-state index contributed by atoms with van der Waals surface area (Å²) >= 11 is 0. The highest BCUT2D eigenvalue weighted by molar-refractivity contribution is 4.97. The number of fused-ring (bicyclic) bond motifs is 2. The highest BCUT2D eigenvalue weighted by Crippen LogP contribution is 2.38. The number of nitrogens with zero attached hydrogens (tertiary/aromatic N) is 1. The zero-order valence-electron chi connectivity index (χ0n) is 9.43. The van der Waals surface area contributed by atoms with Crippen LogP contribution in [0.15, 0.2) is 0 Å². The summed E-state index contributed by atoms with van der Waals surface area (Å²) in [6, 6.07) is 0.676. The van der Waals surface area contributed by atoms with E-state index in [2.05, 4.69) is 4.90 Å². The van der Waals surface area contributed by atoms with Gasteiger partial charge in [-0.1, -0.05) is 0 Å². The Morgan fingerprint density at radius 3 is 2.80 bits per heavy atom. The molecule has 88 valence electrons. The van der Waals surface area contributed by atoms with Crippen LogP contribution in [0.25, 0.3) is 0 Å². The molecule has 2 aliphatic rings. The van der Waals surface area contributed by atoms with Crippen molar-refractivity contribution < 1.29 is 9.84 Å². The second kappa shape index (κ2) is 4.78. The number of ether oxygens (including phenoxy) is 1. The van der Waals surface area contributed by atoms with Gasteiger partial charge < -0.3 is 15.6 Å². The van der Waals surface area contributed by atoms with Gasteiger partial charge in [-0.05, 0) is 25.2 Å². The Kier molecular flexibility index (Phi) is 3.61. The first-order valence-corrected chi connectivity index (χ1v) is 5.87. The molecular weight excluding hydrogens is 192 g/mol. The fourth-order valence-electron chi connectivity index (χ4n) is 3.16. The molecule has 3 N–H and O–H groups in total. The molecule has 2 rings (SSSR count). The predicted octanol–water partition coefficient (Wildman–Crippen LogP) is -0.195. The molecule has 15 heavy (non-hydrogen) atoms. The third-order valence-electron chi connectivity index (χ3n) is 3.92. The number of rotatable bonds is 5. The second-order valence-electron chi connectivity index (χ2n) is 4.90. The summed E-state index contributed by atoms with van der Waals surface area (Å²) in [4.78, 5) is 2.40. The first kappa shape index (κ1) is 11.3. The molecule has 0 radical (unpaired) electrons. The number of nitrogens with two attached hydrogens (primary N) is 1. The molecule has 0 aromatic heterocycles. The van der Waals surface area contributed by atoms with E-state index in [0.29, 0.717) is 12.6 Å². The Bertz CT molecular complexity index is 213. The van der Waals surface area contributed by atoms with Crippen LogP contribution in [0.1, 0.15) is 19.3 Å². The van der Waals surface area contributed by atoms with Crippen LogP contribution in [-0.2, 0) is 4.74 Å². The van der Waals surface area contributed by atoms with Crippen molar-refractivity contribution in [3.05, 3.63) is 0 Å². The lowest BCUT2D eigenvalue weighted by molar-refractivity contribution is 0.0518. The van der Waals surface area contributed by atoms with Crippen LogP contribution < -0.4 is 5.73 Å². The van der Waals surface area contributed by atoms with E-state index in [1.54, 1.807) is 7.11 Å². The average molecular weight is 214 g/mol. The standard InChI is InChI=1S/C11H22N2O2/c1-15-7-10(12)11(6-14)13-5-8-2-3-9(13)4-8/h8-11,14H,2-7,12H2,1H3. The molecular formula is C11H22N2O2. The maximum absolute atomic E-state index is 9.43. The van der Waals surface area contributed by atoms with Gasteiger partial charge in [-0.15, -0.1) is 0 Å². The SMILES string of the molecule is COCC(N)C(CO)N1CC2CCC1C2. The molecule has 4 atom stereocenters. The smallest absolute Gasteiger partial charge is 0.0629 e. The number of likely N-dealkylation sites (tertiary alicyclic amines) is 1. The van der Waals surface area contributed by atoms with Crippen LogP contribution in [-0.4, -0.2) is 55.0 Å². The third kappa shape index (κ3) is 2.18. The van der Waals surface area contributed by atoms with Crippen LogP contribution >= 0.6 is 0 Å². The van der Waals surface area contributed by atoms with Gasteiger partial charge in [0.1, 0.15) is 0 Å². The van der Waals surface area contributed by atoms with Crippen molar-refractivity contribution in [3.63, 3.8) is 0 Å². The van der Waals surface area contributed by atoms with Crippen molar-refractivity contribution in [1.82, 2.24) is 4.90 Å². The third-order valence-corrected chi connectivity index (χ3v) is 3.92. The predicted molar refractivity (Wildman–Crippen MR) is 58.6 cm³/mol. The van der Waals surface area contributed by atoms with Crippen LogP contribution in [0.4, 0.5) is 0 Å². The molecule has 0 aromatic carbocycles. The highest BCUT2D eigenvalue weighted by atomic mass is 16.5. The average Bonchev–Trinajstić information content (AvgIpc) is 2.81. The number of aliphatic hydroxyl groups is 1. The summed E-state index contributed by atoms with van der Waals surface area (Å²) in [5.74, 6) is 0.846. The lowest BCUT2D eigenvalue weighted by Crippen LogP contribution is -2.54. The summed E-state index contributed by atoms with van der Waals surface area (Å²) in [5.41, 5.74) is 6.02. The van der Waals surface area contributed by atoms with Gasteiger partial charge in [-0.3, -0.25) is 4.90 Å². The lowest BCUT2D eigenvalue weighted by Gasteiger charge is -2.36. The van der Waals surface area contributed by atoms with E-state index in [-0.39, 0.29) is 18.7 Å². The van der Waals surface area contributed by atoms with Crippen LogP contribution in [0.3, 0.4) is 0 Å². The van der Waals surface area contributed by atoms with Crippen molar-refractivity contribution in [3.8, 4) is 0 Å². The van der Waals surface area contributed by atoms with Crippen LogP contribution in [0.5, 0.6) is 0 Å². The van der Waals surface area contributed by atoms with E-state index in [9.17, 15) is 5.11 Å². The minimum Gasteiger partial charge on any atom is -0.395 e. The number of hydrogen-bond acceptors (Lipinski definition) is 4. The Morgan fingerprint density at radius 2 is 2.33 bits per heavy atom. The number of hydrogen-bond donors (Lipinski definition) is 2. The Labute approximate surface area is 91.4 Å². The molecule has 4 nitrogen and oxygen atoms in total. The number of methoxy groups -OCH3 is 1. The normalized spacial score (nSPS) is 34.6. The minimum absolute atomic E-state index is 0.0700. The first-order chi connectivity index (χ1) is 7.26. The van der Waals surface area contributed by atoms with Crippen LogP contribution in [0.2, 0.25) is 0 Å². The van der Waals surface area contributed by atoms with E-state index in [1.165, 1.54) is 19.3 Å². The largest absolute Gasteiger partial charge is 0.395 e. The maximum Gasteiger partial charge on any atom is 0.0629 e. The number of piperidine rings is 1. The van der Waals surface area contributed by atoms with Gasteiger partial charge in [-0.25, -0.2) is 0 Å². The van der Waals surface area contributed by atoms with Gasteiger partial charge >= 0.3 is 0 Å². The molecule has 1 heterocycles. The summed E-state index contributed by atoms with van der Waals surface area (Å²) in [7, 11) is 1.66. The minimum atomic E-state index is -0.0700. The molecule has 4 heteroatoms. The quantitative estimate of drug-likeness (QED) is 0.666. The van der Waals surface area contributed by atoms with Crippen LogP contribution in [0, 0.1) is 5.92 Å². The van der Waals surface area contributed by atoms with Crippen molar-refractivity contribution in [2.24, 2.45) is 11.7 Å². The molecule has 0 amide bonds. The van der Waals surface area contributed by atoms with E-state index in [0.717, 1.165) is 12.5 Å². The Hall–Kier alpha value is -0.160. The topological polar surface area (TPSA) is 58.7 Å². The maximum atomic E-state index is 9.43. The summed E-state index contributed by atoms with van der Waals surface area (Å²) in [5, 5.41) is 9.43. The molecule has 4 unspecified atom stereocenters. The van der Waals surface area contributed by atoms with E-state index >= 15 is 0 Å². The Morgan fingerprint density at radius 1 is 1.53 bits per heavy atom. The van der Waals surface area contributed by atoms with Crippen molar-refractivity contribution >= 4 is 0 Å². The van der Waals surface area contributed by atoms with Gasteiger partial charge in [0.05, 0.1) is 19.3 Å². The number of aliphatic hydroxyl groups excluding tert-OH is 1. The fourth-order valence-corrected chi connectivity index (χ4v) is 3.16. The monoisotopic (exact) mass is 214 g/mol. The van der Waals surface area contributed by atoms with E-state index in [4.69, 9.17) is 10.5 Å². The summed E-state index contributed by atoms with van der Waals surface area (Å²) in [6.45, 7) is 1.79. The molecule has 1 aliphatic carbocycles. The summed E-state index contributed by atoms with van der Waals surface area (Å²) < 4.78 is 5.06. The fraction of sp³-hybridized carbons (Fsp3) is 1.00. The van der Waals surface area contributed by atoms with Gasteiger partial charge in [0.25, 0.3) is 0 Å². The lowest BCUT2D eigenvalue weighted by atomic mass is 10.0. The van der Waals surface area contributed by atoms with Crippen molar-refractivity contribution in [2.75, 3.05) is 26.9 Å². The Balaban J connectivity index is 1.94. The molecule has 1 aliphatic heterocycles. The van der Waals surface area contributed by atoms with Gasteiger partial charge in [0.2, 0.25) is 0 Å². The molecule has 2 bridgehead atoms. The van der Waals surface area contributed by atoms with Gasteiger partial charge in [0.15, 0.2) is 0 Å². The van der Waals surface area contributed by atoms with E-state index in [1.807, 2.05) is 0 Å². The molecule has 1 saturated heterocycles. The molecule has 1 saturated carbocycles. The van der Waals surface area contributed by atoms with Crippen molar-refractivity contribution in [2.45, 2.75) is 37.4 Å². The molecule has 0 aromatic rings. The van der Waals surface area contributed by atoms with Gasteiger partial charge in [-0.2, -0.15) is 0 Å². The summed E-state index contributed by atoms with van der Waals surface area (Å²) in [6.07, 6.45) is 3.94. The zero-order valence-corrected chi connectivity index (χ0v) is 9.43. The molecule has 2 fully saturated rings. The van der Waals surface area contributed by atoms with Crippen molar-refractivity contribution in [1.29, 1.82) is 0 Å².